The van der Waals surface area contributed by atoms with Crippen LogP contribution in [0.1, 0.15) is 5.56 Å². The van der Waals surface area contributed by atoms with E-state index in [9.17, 15) is 10.1 Å². The van der Waals surface area contributed by atoms with Crippen LogP contribution in [-0.2, 0) is 6.61 Å². The normalized spacial score (nSPS) is 10.1. The van der Waals surface area contributed by atoms with E-state index in [1.807, 2.05) is 0 Å². The van der Waals surface area contributed by atoms with Gasteiger partial charge in [0.15, 0.2) is 0 Å². The highest BCUT2D eigenvalue weighted by molar-refractivity contribution is 6.31. The fourth-order valence-corrected chi connectivity index (χ4v) is 1.61. The Labute approximate surface area is 118 Å². The summed E-state index contributed by atoms with van der Waals surface area (Å²) in [6.07, 6.45) is 1.02. The fourth-order valence-electron chi connectivity index (χ4n) is 1.42. The van der Waals surface area contributed by atoms with E-state index in [4.69, 9.17) is 22.2 Å². The number of halogens is 1. The van der Waals surface area contributed by atoms with Crippen molar-refractivity contribution in [2.45, 2.75) is 6.61 Å². The van der Waals surface area contributed by atoms with Crippen LogP contribution in [0.15, 0.2) is 30.5 Å². The molecule has 0 amide bonds. The number of anilines is 1. The lowest BCUT2D eigenvalue weighted by molar-refractivity contribution is -0.386. The zero-order valence-electron chi connectivity index (χ0n) is 10.1. The maximum absolute atomic E-state index is 10.9. The lowest BCUT2D eigenvalue weighted by Gasteiger charge is -2.08. The van der Waals surface area contributed by atoms with Crippen LogP contribution in [0.4, 0.5) is 11.6 Å². The predicted octanol–water partition coefficient (Wildman–Crippen LogP) is 1.90. The van der Waals surface area contributed by atoms with E-state index < -0.39 is 4.92 Å². The maximum Gasteiger partial charge on any atom is 0.349 e. The zero-order chi connectivity index (χ0) is 14.5. The third-order valence-electron chi connectivity index (χ3n) is 2.38. The highest BCUT2D eigenvalue weighted by Crippen LogP contribution is 2.26. The first-order chi connectivity index (χ1) is 9.61. The Hall–Kier alpha value is -2.45. The van der Waals surface area contributed by atoms with Crippen LogP contribution < -0.4 is 16.0 Å². The first-order valence-corrected chi connectivity index (χ1v) is 5.84. The van der Waals surface area contributed by atoms with Crippen molar-refractivity contribution < 1.29 is 9.66 Å². The van der Waals surface area contributed by atoms with Crippen molar-refractivity contribution in [3.8, 4) is 5.88 Å². The summed E-state index contributed by atoms with van der Waals surface area (Å²) >= 11 is 5.97. The van der Waals surface area contributed by atoms with Gasteiger partial charge in [-0.1, -0.05) is 29.8 Å². The molecular weight excluding hydrogens is 286 g/mol. The molecule has 8 nitrogen and oxygen atoms in total. The molecule has 0 aliphatic carbocycles. The zero-order valence-corrected chi connectivity index (χ0v) is 10.9. The van der Waals surface area contributed by atoms with Gasteiger partial charge < -0.3 is 4.74 Å². The lowest BCUT2D eigenvalue weighted by atomic mass is 10.2. The summed E-state index contributed by atoms with van der Waals surface area (Å²) in [6.45, 7) is 0.0432. The minimum atomic E-state index is -0.637. The molecule has 0 saturated carbocycles. The molecule has 2 aromatic rings. The summed E-state index contributed by atoms with van der Waals surface area (Å²) in [7, 11) is 0. The molecule has 9 heteroatoms. The number of benzene rings is 1. The van der Waals surface area contributed by atoms with Gasteiger partial charge in [-0.2, -0.15) is 4.98 Å². The number of nitrogens with zero attached hydrogens (tertiary/aromatic N) is 3. The monoisotopic (exact) mass is 295 g/mol. The molecule has 0 radical (unpaired) electrons. The molecule has 0 fully saturated rings. The third kappa shape index (κ3) is 3.11. The molecule has 0 spiro atoms. The lowest BCUT2D eigenvalue weighted by Crippen LogP contribution is -2.12. The second kappa shape index (κ2) is 6.13. The van der Waals surface area contributed by atoms with Crippen LogP contribution in [0.5, 0.6) is 5.88 Å². The molecule has 0 saturated heterocycles. The molecule has 3 N–H and O–H groups in total. The largest absolute Gasteiger partial charge is 0.468 e. The second-order valence-electron chi connectivity index (χ2n) is 3.67. The third-order valence-corrected chi connectivity index (χ3v) is 2.75. The van der Waals surface area contributed by atoms with Crippen molar-refractivity contribution in [3.63, 3.8) is 0 Å². The van der Waals surface area contributed by atoms with Crippen molar-refractivity contribution >= 4 is 23.2 Å². The van der Waals surface area contributed by atoms with Crippen molar-refractivity contribution in [1.82, 2.24) is 9.97 Å². The van der Waals surface area contributed by atoms with Crippen LogP contribution in [0, 0.1) is 10.1 Å². The summed E-state index contributed by atoms with van der Waals surface area (Å²) in [6, 6.07) is 7.00. The smallest absolute Gasteiger partial charge is 0.349 e. The standard InChI is InChI=1S/C11H10ClN5O3/c12-8-4-2-1-3-7(8)6-20-10-9(17(18)19)5-14-11(15-10)16-13/h1-5H,6,13H2,(H,14,15,16). The van der Waals surface area contributed by atoms with Crippen LogP contribution in [0.25, 0.3) is 0 Å². The molecule has 0 aliphatic rings. The number of nitrogens with two attached hydrogens (primary N) is 1. The van der Waals surface area contributed by atoms with Crippen molar-refractivity contribution in [1.29, 1.82) is 0 Å². The van der Waals surface area contributed by atoms with Gasteiger partial charge in [-0.3, -0.25) is 15.5 Å². The van der Waals surface area contributed by atoms with E-state index in [2.05, 4.69) is 15.4 Å². The Morgan fingerprint density at radius 2 is 2.20 bits per heavy atom. The van der Waals surface area contributed by atoms with Gasteiger partial charge in [0, 0.05) is 10.6 Å². The van der Waals surface area contributed by atoms with Gasteiger partial charge in [0.1, 0.15) is 12.8 Å². The molecule has 2 rings (SSSR count). The Bertz CT molecular complexity index is 637. The number of nitrogens with one attached hydrogen (secondary N) is 1. The summed E-state index contributed by atoms with van der Waals surface area (Å²) in [5, 5.41) is 11.4. The molecule has 1 heterocycles. The highest BCUT2D eigenvalue weighted by atomic mass is 35.5. The number of aromatic nitrogens is 2. The van der Waals surface area contributed by atoms with Gasteiger partial charge >= 0.3 is 5.69 Å². The van der Waals surface area contributed by atoms with Crippen LogP contribution in [0.3, 0.4) is 0 Å². The maximum atomic E-state index is 10.9. The predicted molar refractivity (Wildman–Crippen MR) is 72.3 cm³/mol. The van der Waals surface area contributed by atoms with E-state index in [0.717, 1.165) is 6.20 Å². The molecule has 0 aliphatic heterocycles. The first-order valence-electron chi connectivity index (χ1n) is 5.46. The van der Waals surface area contributed by atoms with Crippen LogP contribution in [0.2, 0.25) is 5.02 Å². The fraction of sp³-hybridized carbons (Fsp3) is 0.0909. The number of nitrogen functional groups attached to an aromatic ring is 1. The summed E-state index contributed by atoms with van der Waals surface area (Å²) < 4.78 is 5.34. The minimum absolute atomic E-state index is 0.0183. The molecule has 104 valence electrons. The van der Waals surface area contributed by atoms with E-state index in [1.54, 1.807) is 24.3 Å². The Morgan fingerprint density at radius 1 is 1.45 bits per heavy atom. The number of ether oxygens (including phenoxy) is 1. The Balaban J connectivity index is 2.24. The average Bonchev–Trinajstić information content (AvgIpc) is 2.46. The van der Waals surface area contributed by atoms with E-state index >= 15 is 0 Å². The van der Waals surface area contributed by atoms with Crippen molar-refractivity contribution in [3.05, 3.63) is 51.2 Å². The van der Waals surface area contributed by atoms with Gasteiger partial charge in [-0.05, 0) is 6.07 Å². The summed E-state index contributed by atoms with van der Waals surface area (Å²) in [5.74, 6) is 4.99. The van der Waals surface area contributed by atoms with E-state index in [1.165, 1.54) is 0 Å². The Kier molecular flexibility index (Phi) is 4.28. The number of nitro groups is 1. The quantitative estimate of drug-likeness (QED) is 0.491. The molecular formula is C11H10ClN5O3. The van der Waals surface area contributed by atoms with E-state index in [-0.39, 0.29) is 24.1 Å². The van der Waals surface area contributed by atoms with Crippen molar-refractivity contribution in [2.75, 3.05) is 5.43 Å². The number of hydrazine groups is 1. The topological polar surface area (TPSA) is 116 Å². The van der Waals surface area contributed by atoms with Gasteiger partial charge in [0.05, 0.1) is 4.92 Å². The summed E-state index contributed by atoms with van der Waals surface area (Å²) in [4.78, 5) is 17.7. The molecule has 0 bridgehead atoms. The van der Waals surface area contributed by atoms with Gasteiger partial charge in [0.2, 0.25) is 5.95 Å². The van der Waals surface area contributed by atoms with Crippen LogP contribution >= 0.6 is 11.6 Å². The molecule has 1 aromatic heterocycles. The second-order valence-corrected chi connectivity index (χ2v) is 4.07. The van der Waals surface area contributed by atoms with Gasteiger partial charge in [0.25, 0.3) is 5.88 Å². The minimum Gasteiger partial charge on any atom is -0.468 e. The average molecular weight is 296 g/mol. The molecule has 0 unspecified atom stereocenters. The highest BCUT2D eigenvalue weighted by Gasteiger charge is 2.19. The number of hydrogen-bond acceptors (Lipinski definition) is 7. The van der Waals surface area contributed by atoms with Crippen LogP contribution in [-0.4, -0.2) is 14.9 Å². The number of hydrogen-bond donors (Lipinski definition) is 2. The Morgan fingerprint density at radius 3 is 2.85 bits per heavy atom. The first kappa shape index (κ1) is 14.0. The summed E-state index contributed by atoms with van der Waals surface area (Å²) in [5.41, 5.74) is 2.53. The van der Waals surface area contributed by atoms with Gasteiger partial charge in [-0.25, -0.2) is 10.8 Å². The number of rotatable bonds is 5. The SMILES string of the molecule is NNc1ncc([N+](=O)[O-])c(OCc2ccccc2Cl)n1. The molecule has 20 heavy (non-hydrogen) atoms. The van der Waals surface area contributed by atoms with E-state index in [0.29, 0.717) is 10.6 Å². The van der Waals surface area contributed by atoms with Gasteiger partial charge in [-0.15, -0.1) is 0 Å². The van der Waals surface area contributed by atoms with Crippen molar-refractivity contribution in [2.24, 2.45) is 5.84 Å². The molecule has 0 atom stereocenters. The molecule has 1 aromatic carbocycles.